The molecule has 10 nitrogen and oxygen atoms in total. The highest BCUT2D eigenvalue weighted by Crippen LogP contribution is 2.46. The predicted molar refractivity (Wildman–Crippen MR) is 76.8 cm³/mol. The second-order valence-corrected chi connectivity index (χ2v) is 5.89. The molecule has 4 N–H and O–H groups in total. The molecule has 2 heterocycles. The van der Waals surface area contributed by atoms with Gasteiger partial charge in [-0.15, -0.1) is 11.8 Å². The SMILES string of the molecule is CO[C@@]1(NC(C)=O)C(=O)N2C(C(=O)O)=C(COC(N)=O)CS[C@@H]21. The lowest BCUT2D eigenvalue weighted by Crippen LogP contribution is -2.80. The number of β-lactam (4-membered cyclic amide) rings is 1. The highest BCUT2D eigenvalue weighted by atomic mass is 32.2. The molecule has 11 heteroatoms. The van der Waals surface area contributed by atoms with Crippen LogP contribution in [-0.2, 0) is 23.9 Å². The number of carbonyl (C=O) groups is 4. The Morgan fingerprint density at radius 1 is 1.52 bits per heavy atom. The minimum atomic E-state index is -1.60. The Morgan fingerprint density at radius 3 is 2.65 bits per heavy atom. The van der Waals surface area contributed by atoms with Crippen LogP contribution in [0, 0.1) is 0 Å². The number of nitrogens with zero attached hydrogens (tertiary/aromatic N) is 1. The Hall–Kier alpha value is -2.27. The van der Waals surface area contributed by atoms with E-state index >= 15 is 0 Å². The second-order valence-electron chi connectivity index (χ2n) is 4.82. The fourth-order valence-corrected chi connectivity index (χ4v) is 3.89. The van der Waals surface area contributed by atoms with Gasteiger partial charge >= 0.3 is 12.1 Å². The van der Waals surface area contributed by atoms with Crippen LogP contribution in [0.1, 0.15) is 6.92 Å². The van der Waals surface area contributed by atoms with Gasteiger partial charge in [0, 0.05) is 25.4 Å². The Labute approximate surface area is 134 Å². The number of carbonyl (C=O) groups excluding carboxylic acids is 3. The summed E-state index contributed by atoms with van der Waals surface area (Å²) >= 11 is 1.18. The largest absolute Gasteiger partial charge is 0.477 e. The van der Waals surface area contributed by atoms with E-state index in [1.807, 2.05) is 0 Å². The van der Waals surface area contributed by atoms with Crippen LogP contribution >= 0.6 is 11.8 Å². The van der Waals surface area contributed by atoms with Crippen LogP contribution in [0.4, 0.5) is 4.79 Å². The summed E-state index contributed by atoms with van der Waals surface area (Å²) in [7, 11) is 1.25. The van der Waals surface area contributed by atoms with Crippen molar-refractivity contribution in [2.24, 2.45) is 5.73 Å². The lowest BCUT2D eigenvalue weighted by Gasteiger charge is -2.55. The van der Waals surface area contributed by atoms with Crippen molar-refractivity contribution in [3.8, 4) is 0 Å². The van der Waals surface area contributed by atoms with Crippen molar-refractivity contribution in [2.45, 2.75) is 18.0 Å². The summed E-state index contributed by atoms with van der Waals surface area (Å²) in [6.45, 7) is 0.894. The predicted octanol–water partition coefficient (Wildman–Crippen LogP) is -1.19. The normalized spacial score (nSPS) is 26.3. The van der Waals surface area contributed by atoms with Crippen molar-refractivity contribution in [1.29, 1.82) is 0 Å². The van der Waals surface area contributed by atoms with Crippen molar-refractivity contribution >= 4 is 35.6 Å². The molecule has 0 radical (unpaired) electrons. The molecule has 0 aromatic heterocycles. The number of ether oxygens (including phenoxy) is 2. The number of primary amides is 1. The van der Waals surface area contributed by atoms with Crippen LogP contribution in [0.25, 0.3) is 0 Å². The van der Waals surface area contributed by atoms with E-state index < -0.39 is 35.0 Å². The Balaban J connectivity index is 2.34. The summed E-state index contributed by atoms with van der Waals surface area (Å²) in [5, 5.41) is 11.1. The molecule has 126 valence electrons. The maximum Gasteiger partial charge on any atom is 0.404 e. The van der Waals surface area contributed by atoms with Crippen molar-refractivity contribution in [3.63, 3.8) is 0 Å². The molecule has 2 aliphatic rings. The number of nitrogens with two attached hydrogens (primary N) is 1. The first-order valence-electron chi connectivity index (χ1n) is 6.41. The zero-order valence-corrected chi connectivity index (χ0v) is 13.1. The number of methoxy groups -OCH3 is 1. The molecule has 3 amide bonds. The Kier molecular flexibility index (Phi) is 4.52. The molecule has 0 spiro atoms. The molecule has 0 aliphatic carbocycles. The summed E-state index contributed by atoms with van der Waals surface area (Å²) < 4.78 is 9.78. The first kappa shape index (κ1) is 17.1. The smallest absolute Gasteiger partial charge is 0.404 e. The molecule has 1 fully saturated rings. The maximum absolute atomic E-state index is 12.4. The summed E-state index contributed by atoms with van der Waals surface area (Å²) in [5.41, 5.74) is 3.21. The number of nitrogens with one attached hydrogen (secondary N) is 1. The summed E-state index contributed by atoms with van der Waals surface area (Å²) in [6.07, 6.45) is -1.05. The minimum Gasteiger partial charge on any atom is -0.477 e. The summed E-state index contributed by atoms with van der Waals surface area (Å²) in [4.78, 5) is 46.9. The van der Waals surface area contributed by atoms with E-state index in [-0.39, 0.29) is 23.6 Å². The van der Waals surface area contributed by atoms with Crippen molar-refractivity contribution in [2.75, 3.05) is 19.5 Å². The number of fused-ring (bicyclic) bond motifs is 1. The first-order valence-corrected chi connectivity index (χ1v) is 7.46. The van der Waals surface area contributed by atoms with Gasteiger partial charge in [-0.05, 0) is 0 Å². The molecule has 0 bridgehead atoms. The van der Waals surface area contributed by atoms with Crippen molar-refractivity contribution in [3.05, 3.63) is 11.3 Å². The number of carboxylic acid groups (broad SMARTS) is 1. The van der Waals surface area contributed by atoms with E-state index in [1.54, 1.807) is 0 Å². The van der Waals surface area contributed by atoms with Crippen LogP contribution in [-0.4, -0.2) is 64.5 Å². The average molecular weight is 345 g/mol. The van der Waals surface area contributed by atoms with E-state index in [4.69, 9.17) is 10.5 Å². The zero-order chi connectivity index (χ0) is 17.4. The van der Waals surface area contributed by atoms with Crippen LogP contribution in [0.5, 0.6) is 0 Å². The molecular formula is C12H15N3O7S. The van der Waals surface area contributed by atoms with Gasteiger partial charge in [0.1, 0.15) is 17.7 Å². The molecule has 1 saturated heterocycles. The molecule has 23 heavy (non-hydrogen) atoms. The topological polar surface area (TPSA) is 148 Å². The van der Waals surface area contributed by atoms with Gasteiger partial charge in [0.2, 0.25) is 5.91 Å². The van der Waals surface area contributed by atoms with Gasteiger partial charge in [0.15, 0.2) is 0 Å². The maximum atomic E-state index is 12.4. The van der Waals surface area contributed by atoms with Gasteiger partial charge in [-0.25, -0.2) is 9.59 Å². The summed E-state index contributed by atoms with van der Waals surface area (Å²) in [6, 6.07) is 0. The van der Waals surface area contributed by atoms with Crippen LogP contribution in [0.3, 0.4) is 0 Å². The van der Waals surface area contributed by atoms with Gasteiger partial charge in [0.25, 0.3) is 11.6 Å². The van der Waals surface area contributed by atoms with E-state index in [0.717, 1.165) is 4.90 Å². The van der Waals surface area contributed by atoms with E-state index in [1.165, 1.54) is 25.8 Å². The molecule has 2 atom stereocenters. The van der Waals surface area contributed by atoms with Gasteiger partial charge in [-0.3, -0.25) is 14.5 Å². The Morgan fingerprint density at radius 2 is 2.17 bits per heavy atom. The highest BCUT2D eigenvalue weighted by Gasteiger charge is 2.66. The number of hydrogen-bond donors (Lipinski definition) is 3. The van der Waals surface area contributed by atoms with Crippen molar-refractivity contribution in [1.82, 2.24) is 10.2 Å². The standard InChI is InChI=1S/C12H15N3O7S/c1-5(16)14-12(21-2)9(19)15-7(8(17)18)6(3-22-11(13)20)4-23-10(12)15/h10H,3-4H2,1-2H3,(H2,13,20)(H,14,16)(H,17,18)/t10-,12+/m1/s1. The van der Waals surface area contributed by atoms with Gasteiger partial charge in [0.05, 0.1) is 0 Å². The molecule has 2 rings (SSSR count). The number of hydrogen-bond acceptors (Lipinski definition) is 7. The third kappa shape index (κ3) is 2.72. The summed E-state index contributed by atoms with van der Waals surface area (Å²) in [5.74, 6) is -2.36. The number of aliphatic carboxylic acids is 1. The monoisotopic (exact) mass is 345 g/mol. The molecule has 0 aromatic rings. The van der Waals surface area contributed by atoms with Gasteiger partial charge < -0.3 is 25.6 Å². The average Bonchev–Trinajstić information content (AvgIpc) is 2.48. The quantitative estimate of drug-likeness (QED) is 0.416. The zero-order valence-electron chi connectivity index (χ0n) is 12.3. The molecule has 0 aromatic carbocycles. The van der Waals surface area contributed by atoms with Gasteiger partial charge in [-0.1, -0.05) is 0 Å². The Bertz CT molecular complexity index is 620. The lowest BCUT2D eigenvalue weighted by molar-refractivity contribution is -0.192. The molecule has 2 aliphatic heterocycles. The van der Waals surface area contributed by atoms with Crippen molar-refractivity contribution < 1.29 is 33.8 Å². The van der Waals surface area contributed by atoms with Crippen LogP contribution < -0.4 is 11.1 Å². The number of carboxylic acids is 1. The lowest BCUT2D eigenvalue weighted by atomic mass is 9.98. The molecule has 0 unspecified atom stereocenters. The highest BCUT2D eigenvalue weighted by molar-refractivity contribution is 8.00. The molecular weight excluding hydrogens is 330 g/mol. The van der Waals surface area contributed by atoms with Crippen LogP contribution in [0.2, 0.25) is 0 Å². The van der Waals surface area contributed by atoms with Gasteiger partial charge in [-0.2, -0.15) is 0 Å². The number of amides is 3. The third-order valence-corrected chi connectivity index (χ3v) is 4.76. The number of thioether (sulfide) groups is 1. The van der Waals surface area contributed by atoms with E-state index in [9.17, 15) is 24.3 Å². The minimum absolute atomic E-state index is 0.175. The second kappa shape index (κ2) is 6.08. The molecule has 0 saturated carbocycles. The van der Waals surface area contributed by atoms with E-state index in [2.05, 4.69) is 10.1 Å². The fourth-order valence-electron chi connectivity index (χ4n) is 2.47. The fraction of sp³-hybridized carbons (Fsp3) is 0.500. The first-order chi connectivity index (χ1) is 10.7. The van der Waals surface area contributed by atoms with Crippen LogP contribution in [0.15, 0.2) is 11.3 Å². The van der Waals surface area contributed by atoms with E-state index in [0.29, 0.717) is 0 Å². The third-order valence-electron chi connectivity index (χ3n) is 3.38. The number of rotatable bonds is 5.